The number of carbonyl (C=O) groups excluding carboxylic acids is 1. The van der Waals surface area contributed by atoms with E-state index in [1.165, 1.54) is 11.2 Å². The highest BCUT2D eigenvalue weighted by Gasteiger charge is 2.59. The van der Waals surface area contributed by atoms with Crippen LogP contribution in [-0.4, -0.2) is 48.8 Å². The number of nitrogens with zero attached hydrogens (tertiary/aromatic N) is 2. The van der Waals surface area contributed by atoms with E-state index in [9.17, 15) is 13.2 Å². The second-order valence-corrected chi connectivity index (χ2v) is 7.04. The Kier molecular flexibility index (Phi) is 2.96. The number of carbonyl (C=O) groups is 1. The molecule has 6 nitrogen and oxygen atoms in total. The Balaban J connectivity index is 2.53. The molecule has 18 heavy (non-hydrogen) atoms. The highest BCUT2D eigenvalue weighted by atomic mass is 32.2. The average Bonchev–Trinajstić information content (AvgIpc) is 2.78. The first-order chi connectivity index (χ1) is 8.34. The first-order valence-corrected chi connectivity index (χ1v) is 7.75. The van der Waals surface area contributed by atoms with E-state index in [1.807, 2.05) is 0 Å². The van der Waals surface area contributed by atoms with Gasteiger partial charge in [0.1, 0.15) is 11.4 Å². The molecule has 1 spiro atoms. The summed E-state index contributed by atoms with van der Waals surface area (Å²) in [5.74, 6) is 0.127. The van der Waals surface area contributed by atoms with Crippen molar-refractivity contribution in [2.24, 2.45) is 10.7 Å². The fourth-order valence-corrected chi connectivity index (χ4v) is 4.73. The van der Waals surface area contributed by atoms with Crippen molar-refractivity contribution in [1.82, 2.24) is 4.90 Å². The molecule has 0 saturated heterocycles. The van der Waals surface area contributed by atoms with Crippen molar-refractivity contribution in [3.05, 3.63) is 12.7 Å². The zero-order valence-electron chi connectivity index (χ0n) is 10.3. The molecule has 1 heterocycles. The third-order valence-corrected chi connectivity index (χ3v) is 5.42. The lowest BCUT2D eigenvalue weighted by molar-refractivity contribution is 0.183. The summed E-state index contributed by atoms with van der Waals surface area (Å²) in [7, 11) is -3.29. The van der Waals surface area contributed by atoms with Crippen LogP contribution in [-0.2, 0) is 9.84 Å². The van der Waals surface area contributed by atoms with Crippen molar-refractivity contribution >= 4 is 21.7 Å². The van der Waals surface area contributed by atoms with Crippen LogP contribution in [0, 0.1) is 0 Å². The zero-order chi connectivity index (χ0) is 13.6. The lowest BCUT2D eigenvalue weighted by Gasteiger charge is -2.38. The topological polar surface area (TPSA) is 92.8 Å². The predicted molar refractivity (Wildman–Crippen MR) is 69.1 cm³/mol. The fraction of sp³-hybridized carbons (Fsp3) is 0.636. The van der Waals surface area contributed by atoms with Crippen molar-refractivity contribution in [3.63, 3.8) is 0 Å². The van der Waals surface area contributed by atoms with E-state index in [4.69, 9.17) is 5.73 Å². The van der Waals surface area contributed by atoms with Crippen LogP contribution in [0.2, 0.25) is 0 Å². The molecule has 1 aliphatic carbocycles. The molecular weight excluding hydrogens is 254 g/mol. The van der Waals surface area contributed by atoms with Gasteiger partial charge in [-0.25, -0.2) is 13.2 Å². The molecule has 7 heteroatoms. The summed E-state index contributed by atoms with van der Waals surface area (Å²) in [6.45, 7) is 3.85. The van der Waals surface area contributed by atoms with Crippen LogP contribution in [0.4, 0.5) is 4.79 Å². The minimum absolute atomic E-state index is 0.127. The molecule has 2 amide bonds. The number of hydrogen-bond acceptors (Lipinski definition) is 4. The normalized spacial score (nSPS) is 32.1. The van der Waals surface area contributed by atoms with E-state index in [-0.39, 0.29) is 12.4 Å². The molecule has 2 N–H and O–H groups in total. The first kappa shape index (κ1) is 13.1. The number of aliphatic imine (C=N–C) groups is 1. The fourth-order valence-electron chi connectivity index (χ4n) is 3.07. The van der Waals surface area contributed by atoms with Gasteiger partial charge in [-0.15, -0.1) is 6.58 Å². The van der Waals surface area contributed by atoms with Gasteiger partial charge in [-0.05, 0) is 19.3 Å². The lowest BCUT2D eigenvalue weighted by Crippen LogP contribution is -2.60. The lowest BCUT2D eigenvalue weighted by atomic mass is 9.94. The van der Waals surface area contributed by atoms with Gasteiger partial charge in [0.25, 0.3) is 0 Å². The van der Waals surface area contributed by atoms with Gasteiger partial charge in [0.2, 0.25) is 0 Å². The number of hydrogen-bond donors (Lipinski definition) is 1. The summed E-state index contributed by atoms with van der Waals surface area (Å²) >= 11 is 0. The molecular formula is C11H17N3O3S. The Morgan fingerprint density at radius 2 is 2.33 bits per heavy atom. The van der Waals surface area contributed by atoms with Crippen molar-refractivity contribution in [3.8, 4) is 0 Å². The van der Waals surface area contributed by atoms with Gasteiger partial charge in [-0.1, -0.05) is 6.08 Å². The quantitative estimate of drug-likeness (QED) is 0.747. The Morgan fingerprint density at radius 1 is 1.67 bits per heavy atom. The highest BCUT2D eigenvalue weighted by molar-refractivity contribution is 7.91. The molecule has 1 aliphatic heterocycles. The van der Waals surface area contributed by atoms with Crippen LogP contribution in [0.1, 0.15) is 19.3 Å². The number of rotatable bonds is 3. The van der Waals surface area contributed by atoms with E-state index in [1.54, 1.807) is 6.08 Å². The third kappa shape index (κ3) is 1.65. The Hall–Kier alpha value is -1.37. The first-order valence-electron chi connectivity index (χ1n) is 5.80. The van der Waals surface area contributed by atoms with Crippen LogP contribution in [0.25, 0.3) is 0 Å². The Bertz CT molecular complexity index is 526. The molecule has 2 aliphatic rings. The van der Waals surface area contributed by atoms with Crippen molar-refractivity contribution in [2.75, 3.05) is 12.8 Å². The van der Waals surface area contributed by atoms with Gasteiger partial charge >= 0.3 is 6.03 Å². The number of amides is 2. The number of sulfone groups is 1. The highest BCUT2D eigenvalue weighted by Crippen LogP contribution is 2.42. The van der Waals surface area contributed by atoms with Crippen molar-refractivity contribution in [2.45, 2.75) is 30.1 Å². The summed E-state index contributed by atoms with van der Waals surface area (Å²) in [6.07, 6.45) is 4.52. The molecule has 2 rings (SSSR count). The van der Waals surface area contributed by atoms with Crippen LogP contribution in [0.3, 0.4) is 0 Å². The van der Waals surface area contributed by atoms with E-state index < -0.39 is 26.7 Å². The van der Waals surface area contributed by atoms with Gasteiger partial charge < -0.3 is 10.6 Å². The maximum Gasteiger partial charge on any atom is 0.346 e. The van der Waals surface area contributed by atoms with E-state index in [0.717, 1.165) is 6.42 Å². The number of urea groups is 1. The van der Waals surface area contributed by atoms with E-state index >= 15 is 0 Å². The maximum absolute atomic E-state index is 11.9. The predicted octanol–water partition coefficient (Wildman–Crippen LogP) is 0.301. The zero-order valence-corrected chi connectivity index (χ0v) is 11.1. The molecule has 1 fully saturated rings. The van der Waals surface area contributed by atoms with Crippen LogP contribution in [0.5, 0.6) is 0 Å². The molecule has 100 valence electrons. The average molecular weight is 271 g/mol. The molecule has 2 atom stereocenters. The van der Waals surface area contributed by atoms with Crippen LogP contribution >= 0.6 is 0 Å². The van der Waals surface area contributed by atoms with E-state index in [2.05, 4.69) is 11.6 Å². The van der Waals surface area contributed by atoms with Gasteiger partial charge in [-0.3, -0.25) is 0 Å². The molecule has 0 bridgehead atoms. The van der Waals surface area contributed by atoms with Gasteiger partial charge in [-0.2, -0.15) is 4.99 Å². The second kappa shape index (κ2) is 4.08. The van der Waals surface area contributed by atoms with Gasteiger partial charge in [0, 0.05) is 12.8 Å². The SMILES string of the molecule is C=CCN1C(=O)N=C(N)C12CCCC2S(C)(=O)=O. The summed E-state index contributed by atoms with van der Waals surface area (Å²) in [6, 6.07) is -0.469. The molecule has 0 aromatic rings. The summed E-state index contributed by atoms with van der Waals surface area (Å²) in [5.41, 5.74) is 4.90. The minimum atomic E-state index is -3.29. The molecule has 0 radical (unpaired) electrons. The van der Waals surface area contributed by atoms with Gasteiger partial charge in [0.05, 0.1) is 5.25 Å². The van der Waals surface area contributed by atoms with Gasteiger partial charge in [0.15, 0.2) is 9.84 Å². The monoisotopic (exact) mass is 271 g/mol. The summed E-state index contributed by atoms with van der Waals surface area (Å²) in [4.78, 5) is 17.0. The Labute approximate surface area is 106 Å². The largest absolute Gasteiger partial charge is 0.385 e. The summed E-state index contributed by atoms with van der Waals surface area (Å²) < 4.78 is 23.8. The molecule has 1 saturated carbocycles. The third-order valence-electron chi connectivity index (χ3n) is 3.76. The number of nitrogens with two attached hydrogens (primary N) is 1. The second-order valence-electron chi connectivity index (χ2n) is 4.81. The van der Waals surface area contributed by atoms with E-state index in [0.29, 0.717) is 12.8 Å². The molecule has 0 aromatic heterocycles. The van der Waals surface area contributed by atoms with Crippen LogP contribution in [0.15, 0.2) is 17.6 Å². The van der Waals surface area contributed by atoms with Crippen molar-refractivity contribution in [1.29, 1.82) is 0 Å². The standard InChI is InChI=1S/C11H17N3O3S/c1-3-7-14-10(15)13-9(12)11(14)6-4-5-8(11)18(2,16)17/h3,8H,1,4-7H2,2H3,(H2,12,13,15). The van der Waals surface area contributed by atoms with Crippen molar-refractivity contribution < 1.29 is 13.2 Å². The maximum atomic E-state index is 11.9. The molecule has 0 aromatic carbocycles. The number of amidine groups is 1. The van der Waals surface area contributed by atoms with Crippen LogP contribution < -0.4 is 5.73 Å². The molecule has 2 unspecified atom stereocenters. The summed E-state index contributed by atoms with van der Waals surface area (Å²) in [5, 5.41) is -0.667. The Morgan fingerprint density at radius 3 is 2.89 bits per heavy atom. The smallest absolute Gasteiger partial charge is 0.346 e. The minimum Gasteiger partial charge on any atom is -0.385 e.